The first-order valence-electron chi connectivity index (χ1n) is 10.3. The van der Waals surface area contributed by atoms with Gasteiger partial charge in [-0.1, -0.05) is 45.0 Å². The maximum atomic E-state index is 12.3. The monoisotopic (exact) mass is 396 g/mol. The molecule has 0 aliphatic rings. The lowest BCUT2D eigenvalue weighted by Crippen LogP contribution is -2.29. The molecule has 29 heavy (non-hydrogen) atoms. The van der Waals surface area contributed by atoms with Gasteiger partial charge in [0.2, 0.25) is 5.91 Å². The molecule has 156 valence electrons. The van der Waals surface area contributed by atoms with E-state index in [9.17, 15) is 9.59 Å². The summed E-state index contributed by atoms with van der Waals surface area (Å²) in [5.41, 5.74) is 3.62. The van der Waals surface area contributed by atoms with Crippen molar-refractivity contribution in [3.8, 4) is 0 Å². The maximum Gasteiger partial charge on any atom is 0.319 e. The SMILES string of the molecule is CCCNC(=O)Nc1ccc(CC(=O)Nc2ccc(CN(CC)CC)cc2)cc1. The lowest BCUT2D eigenvalue weighted by atomic mass is 10.1. The molecule has 6 nitrogen and oxygen atoms in total. The molecule has 0 atom stereocenters. The van der Waals surface area contributed by atoms with Crippen molar-refractivity contribution < 1.29 is 9.59 Å². The fourth-order valence-electron chi connectivity index (χ4n) is 2.91. The minimum absolute atomic E-state index is 0.0668. The van der Waals surface area contributed by atoms with Crippen molar-refractivity contribution in [2.75, 3.05) is 30.3 Å². The zero-order chi connectivity index (χ0) is 21.1. The molecule has 0 heterocycles. The molecule has 0 saturated heterocycles. The minimum atomic E-state index is -0.221. The first-order chi connectivity index (χ1) is 14.0. The third-order valence-electron chi connectivity index (χ3n) is 4.65. The van der Waals surface area contributed by atoms with Crippen LogP contribution < -0.4 is 16.0 Å². The number of rotatable bonds is 10. The third kappa shape index (κ3) is 7.95. The Morgan fingerprint density at radius 1 is 0.793 bits per heavy atom. The number of nitrogens with one attached hydrogen (secondary N) is 3. The van der Waals surface area contributed by atoms with Crippen LogP contribution >= 0.6 is 0 Å². The number of amides is 3. The number of hydrogen-bond acceptors (Lipinski definition) is 3. The van der Waals surface area contributed by atoms with E-state index in [-0.39, 0.29) is 18.4 Å². The predicted molar refractivity (Wildman–Crippen MR) is 119 cm³/mol. The number of carbonyl (C=O) groups is 2. The van der Waals surface area contributed by atoms with Crippen molar-refractivity contribution in [3.05, 3.63) is 59.7 Å². The Kier molecular flexibility index (Phi) is 9.18. The van der Waals surface area contributed by atoms with Gasteiger partial charge in [0.05, 0.1) is 6.42 Å². The highest BCUT2D eigenvalue weighted by Gasteiger charge is 2.06. The maximum absolute atomic E-state index is 12.3. The van der Waals surface area contributed by atoms with Crippen molar-refractivity contribution in [2.45, 2.75) is 40.2 Å². The van der Waals surface area contributed by atoms with Crippen LogP contribution in [-0.2, 0) is 17.8 Å². The molecule has 2 rings (SSSR count). The molecule has 0 aliphatic carbocycles. The van der Waals surface area contributed by atoms with Crippen molar-refractivity contribution in [1.29, 1.82) is 0 Å². The van der Waals surface area contributed by atoms with Gasteiger partial charge in [0.25, 0.3) is 0 Å². The highest BCUT2D eigenvalue weighted by Crippen LogP contribution is 2.14. The summed E-state index contributed by atoms with van der Waals surface area (Å²) < 4.78 is 0. The van der Waals surface area contributed by atoms with Crippen LogP contribution in [0.1, 0.15) is 38.3 Å². The molecule has 0 bridgehead atoms. The van der Waals surface area contributed by atoms with E-state index in [1.807, 2.05) is 31.2 Å². The lowest BCUT2D eigenvalue weighted by molar-refractivity contribution is -0.115. The van der Waals surface area contributed by atoms with Gasteiger partial charge in [0.15, 0.2) is 0 Å². The third-order valence-corrected chi connectivity index (χ3v) is 4.65. The average molecular weight is 397 g/mol. The van der Waals surface area contributed by atoms with E-state index in [0.717, 1.165) is 37.3 Å². The van der Waals surface area contributed by atoms with Crippen LogP contribution in [0.2, 0.25) is 0 Å². The molecule has 3 amide bonds. The minimum Gasteiger partial charge on any atom is -0.338 e. The number of hydrogen-bond donors (Lipinski definition) is 3. The second kappa shape index (κ2) is 11.9. The van der Waals surface area contributed by atoms with E-state index in [2.05, 4.69) is 46.8 Å². The van der Waals surface area contributed by atoms with Gasteiger partial charge in [-0.2, -0.15) is 0 Å². The van der Waals surface area contributed by atoms with Crippen molar-refractivity contribution >= 4 is 23.3 Å². The molecule has 0 fully saturated rings. The molecule has 0 radical (unpaired) electrons. The number of carbonyl (C=O) groups excluding carboxylic acids is 2. The fraction of sp³-hybridized carbons (Fsp3) is 0.391. The van der Waals surface area contributed by atoms with Gasteiger partial charge in [-0.25, -0.2) is 4.79 Å². The zero-order valence-electron chi connectivity index (χ0n) is 17.6. The van der Waals surface area contributed by atoms with Crippen molar-refractivity contribution in [1.82, 2.24) is 10.2 Å². The quantitative estimate of drug-likeness (QED) is 0.562. The van der Waals surface area contributed by atoms with Crippen LogP contribution in [0.15, 0.2) is 48.5 Å². The van der Waals surface area contributed by atoms with Crippen molar-refractivity contribution in [2.24, 2.45) is 0 Å². The molecular formula is C23H32N4O2. The van der Waals surface area contributed by atoms with E-state index in [0.29, 0.717) is 12.2 Å². The Labute approximate surface area is 173 Å². The number of nitrogens with zero attached hydrogens (tertiary/aromatic N) is 1. The van der Waals surface area contributed by atoms with E-state index < -0.39 is 0 Å². The molecule has 0 aliphatic heterocycles. The smallest absolute Gasteiger partial charge is 0.319 e. The highest BCUT2D eigenvalue weighted by atomic mass is 16.2. The Bertz CT molecular complexity index is 768. The first kappa shape index (κ1) is 22.4. The van der Waals surface area contributed by atoms with Crippen LogP contribution in [0.3, 0.4) is 0 Å². The Balaban J connectivity index is 1.83. The van der Waals surface area contributed by atoms with Gasteiger partial charge >= 0.3 is 6.03 Å². The Hall–Kier alpha value is -2.86. The summed E-state index contributed by atoms with van der Waals surface area (Å²) in [7, 11) is 0. The molecule has 0 spiro atoms. The molecule has 0 unspecified atom stereocenters. The summed E-state index contributed by atoms with van der Waals surface area (Å²) in [6.45, 7) is 9.91. The highest BCUT2D eigenvalue weighted by molar-refractivity contribution is 5.92. The van der Waals surface area contributed by atoms with Gasteiger partial charge < -0.3 is 16.0 Å². The van der Waals surface area contributed by atoms with E-state index in [1.54, 1.807) is 12.1 Å². The van der Waals surface area contributed by atoms with Gasteiger partial charge in [-0.15, -0.1) is 0 Å². The van der Waals surface area contributed by atoms with E-state index in [4.69, 9.17) is 0 Å². The summed E-state index contributed by atoms with van der Waals surface area (Å²) in [5, 5.41) is 8.47. The predicted octanol–water partition coefficient (Wildman–Crippen LogP) is 4.24. The number of benzene rings is 2. The van der Waals surface area contributed by atoms with Crippen LogP contribution in [0, 0.1) is 0 Å². The summed E-state index contributed by atoms with van der Waals surface area (Å²) in [5.74, 6) is -0.0668. The molecule has 0 saturated carbocycles. The second-order valence-corrected chi connectivity index (χ2v) is 6.96. The summed E-state index contributed by atoms with van der Waals surface area (Å²) in [6.07, 6.45) is 1.17. The topological polar surface area (TPSA) is 73.5 Å². The van der Waals surface area contributed by atoms with Crippen LogP contribution in [0.4, 0.5) is 16.2 Å². The Morgan fingerprint density at radius 3 is 1.90 bits per heavy atom. The zero-order valence-corrected chi connectivity index (χ0v) is 17.6. The van der Waals surface area contributed by atoms with E-state index in [1.165, 1.54) is 5.56 Å². The summed E-state index contributed by atoms with van der Waals surface area (Å²) in [6, 6.07) is 15.1. The van der Waals surface area contributed by atoms with Gasteiger partial charge in [0, 0.05) is 24.5 Å². The molecule has 0 aromatic heterocycles. The molecule has 3 N–H and O–H groups in total. The summed E-state index contributed by atoms with van der Waals surface area (Å²) in [4.78, 5) is 26.3. The van der Waals surface area contributed by atoms with Crippen molar-refractivity contribution in [3.63, 3.8) is 0 Å². The van der Waals surface area contributed by atoms with Crippen LogP contribution in [0.5, 0.6) is 0 Å². The van der Waals surface area contributed by atoms with Gasteiger partial charge in [0.1, 0.15) is 0 Å². The fourth-order valence-corrected chi connectivity index (χ4v) is 2.91. The lowest BCUT2D eigenvalue weighted by Gasteiger charge is -2.18. The molecular weight excluding hydrogens is 364 g/mol. The van der Waals surface area contributed by atoms with Crippen LogP contribution in [-0.4, -0.2) is 36.5 Å². The molecule has 6 heteroatoms. The largest absolute Gasteiger partial charge is 0.338 e. The average Bonchev–Trinajstić information content (AvgIpc) is 2.73. The Morgan fingerprint density at radius 2 is 1.34 bits per heavy atom. The van der Waals surface area contributed by atoms with Gasteiger partial charge in [-0.05, 0) is 54.9 Å². The number of urea groups is 1. The molecule has 2 aromatic rings. The van der Waals surface area contributed by atoms with E-state index >= 15 is 0 Å². The molecule has 2 aromatic carbocycles. The second-order valence-electron chi connectivity index (χ2n) is 6.96. The standard InChI is InChI=1S/C23H32N4O2/c1-4-15-24-23(29)26-21-11-7-18(8-12-21)16-22(28)25-20-13-9-19(10-14-20)17-27(5-2)6-3/h7-14H,4-6,15-17H2,1-3H3,(H,25,28)(H2,24,26,29). The number of anilines is 2. The summed E-state index contributed by atoms with van der Waals surface area (Å²) >= 11 is 0. The van der Waals surface area contributed by atoms with Gasteiger partial charge in [-0.3, -0.25) is 9.69 Å². The first-order valence-corrected chi connectivity index (χ1v) is 10.3. The normalized spacial score (nSPS) is 10.6. The van der Waals surface area contributed by atoms with Crippen LogP contribution in [0.25, 0.3) is 0 Å².